The van der Waals surface area contributed by atoms with Crippen molar-refractivity contribution in [2.24, 2.45) is 5.92 Å². The van der Waals surface area contributed by atoms with E-state index in [1.54, 1.807) is 0 Å². The Morgan fingerprint density at radius 2 is 1.41 bits per heavy atom. The summed E-state index contributed by atoms with van der Waals surface area (Å²) in [5.41, 5.74) is 1.08. The van der Waals surface area contributed by atoms with E-state index in [-0.39, 0.29) is 12.0 Å². The van der Waals surface area contributed by atoms with E-state index in [2.05, 4.69) is 44.4 Å². The van der Waals surface area contributed by atoms with Gasteiger partial charge in [0.25, 0.3) is 0 Å². The van der Waals surface area contributed by atoms with Crippen LogP contribution >= 0.6 is 0 Å². The standard InChI is InChI=1S/C8H13O.3C4H9.Sn/c1-5-8(9)7(4)6(2)3;3*1-3-4-2;/h1,5,7-9H,2H2,3-4H3;3*1,3-4H2,2H3;. The van der Waals surface area contributed by atoms with Crippen LogP contribution in [0.1, 0.15) is 73.1 Å². The second-order valence-corrected chi connectivity index (χ2v) is 20.2. The van der Waals surface area contributed by atoms with Crippen LogP contribution in [0.2, 0.25) is 13.3 Å². The molecule has 0 aromatic rings. The van der Waals surface area contributed by atoms with Crippen LogP contribution < -0.4 is 0 Å². The Kier molecular flexibility index (Phi) is 12.8. The van der Waals surface area contributed by atoms with E-state index < -0.39 is 18.4 Å². The van der Waals surface area contributed by atoms with Crippen molar-refractivity contribution in [3.63, 3.8) is 0 Å². The van der Waals surface area contributed by atoms with Crippen molar-refractivity contribution >= 4 is 18.4 Å². The number of hydrogen-bond donors (Lipinski definition) is 1. The van der Waals surface area contributed by atoms with Gasteiger partial charge in [0.1, 0.15) is 0 Å². The van der Waals surface area contributed by atoms with E-state index in [0.29, 0.717) is 0 Å². The quantitative estimate of drug-likeness (QED) is 0.269. The number of aliphatic hydroxyl groups excluding tert-OH is 1. The van der Waals surface area contributed by atoms with Crippen molar-refractivity contribution in [1.29, 1.82) is 0 Å². The number of rotatable bonds is 13. The zero-order valence-corrected chi connectivity index (χ0v) is 18.7. The molecule has 0 aliphatic rings. The fraction of sp³-hybridized carbons (Fsp3) is 0.800. The van der Waals surface area contributed by atoms with E-state index in [1.807, 2.05) is 6.92 Å². The summed E-state index contributed by atoms with van der Waals surface area (Å²) in [5, 5.41) is 10.4. The van der Waals surface area contributed by atoms with Gasteiger partial charge in [-0.15, -0.1) is 0 Å². The number of unbranched alkanes of at least 4 members (excludes halogenated alkanes) is 3. The molecule has 2 unspecified atom stereocenters. The molecule has 130 valence electrons. The minimum atomic E-state index is -2.22. The Morgan fingerprint density at radius 1 is 1.00 bits per heavy atom. The summed E-state index contributed by atoms with van der Waals surface area (Å²) in [4.78, 5) is 0. The van der Waals surface area contributed by atoms with Gasteiger partial charge in [0.15, 0.2) is 0 Å². The van der Waals surface area contributed by atoms with Crippen LogP contribution in [0.3, 0.4) is 0 Å². The number of hydrogen-bond acceptors (Lipinski definition) is 1. The van der Waals surface area contributed by atoms with Crippen LogP contribution in [0.15, 0.2) is 22.3 Å². The first kappa shape index (κ1) is 22.2. The van der Waals surface area contributed by atoms with Crippen molar-refractivity contribution in [3.8, 4) is 0 Å². The fourth-order valence-electron chi connectivity index (χ4n) is 2.97. The maximum atomic E-state index is 10.4. The molecule has 0 fully saturated rings. The molecule has 0 aliphatic carbocycles. The summed E-state index contributed by atoms with van der Waals surface area (Å²) in [7, 11) is 0. The maximum absolute atomic E-state index is 10.4. The van der Waals surface area contributed by atoms with Crippen molar-refractivity contribution in [3.05, 3.63) is 22.3 Å². The van der Waals surface area contributed by atoms with Crippen molar-refractivity contribution in [2.45, 2.75) is 92.6 Å². The Labute approximate surface area is 144 Å². The summed E-state index contributed by atoms with van der Waals surface area (Å²) >= 11 is -2.22. The normalized spacial score (nSPS) is 15.2. The Balaban J connectivity index is 5.08. The molecule has 1 N–H and O–H groups in total. The van der Waals surface area contributed by atoms with Crippen LogP contribution in [0.25, 0.3) is 0 Å². The molecule has 0 aromatic heterocycles. The van der Waals surface area contributed by atoms with Crippen molar-refractivity contribution < 1.29 is 5.11 Å². The molecule has 2 atom stereocenters. The molecular formula is C20H40OSn. The van der Waals surface area contributed by atoms with Gasteiger partial charge in [-0.3, -0.25) is 0 Å². The summed E-state index contributed by atoms with van der Waals surface area (Å²) < 4.78 is 6.97. The third kappa shape index (κ3) is 8.76. The molecule has 0 spiro atoms. The van der Waals surface area contributed by atoms with Crippen molar-refractivity contribution in [1.82, 2.24) is 0 Å². The fourth-order valence-corrected chi connectivity index (χ4v) is 17.3. The predicted molar refractivity (Wildman–Crippen MR) is 104 cm³/mol. The molecule has 0 heterocycles. The molecule has 0 saturated heterocycles. The Hall–Kier alpha value is 0.239. The molecule has 0 bridgehead atoms. The second-order valence-electron chi connectivity index (χ2n) is 7.16. The van der Waals surface area contributed by atoms with Gasteiger partial charge in [-0.05, 0) is 0 Å². The Morgan fingerprint density at radius 3 is 1.73 bits per heavy atom. The monoisotopic (exact) mass is 416 g/mol. The molecule has 0 saturated carbocycles. The molecule has 0 aliphatic heterocycles. The van der Waals surface area contributed by atoms with E-state index in [4.69, 9.17) is 0 Å². The summed E-state index contributed by atoms with van der Waals surface area (Å²) in [6, 6.07) is 0. The van der Waals surface area contributed by atoms with Crippen LogP contribution in [0, 0.1) is 5.92 Å². The molecule has 0 radical (unpaired) electrons. The molecule has 0 amide bonds. The van der Waals surface area contributed by atoms with Crippen LogP contribution in [0.4, 0.5) is 0 Å². The van der Waals surface area contributed by atoms with Crippen LogP contribution in [-0.4, -0.2) is 29.6 Å². The third-order valence-corrected chi connectivity index (χ3v) is 19.1. The molecular weight excluding hydrogens is 375 g/mol. The summed E-state index contributed by atoms with van der Waals surface area (Å²) in [5.74, 6) is 0.170. The second kappa shape index (κ2) is 12.6. The molecule has 0 aromatic carbocycles. The van der Waals surface area contributed by atoms with Gasteiger partial charge in [-0.1, -0.05) is 0 Å². The average molecular weight is 415 g/mol. The topological polar surface area (TPSA) is 20.2 Å². The SMILES string of the molecule is C=C(C)C(C)C(O)/C=[CH]/[Sn]([CH2]CCC)([CH2]CCC)[CH2]CCC. The van der Waals surface area contributed by atoms with Gasteiger partial charge >= 0.3 is 144 Å². The minimum absolute atomic E-state index is 0.170. The van der Waals surface area contributed by atoms with Gasteiger partial charge in [-0.2, -0.15) is 0 Å². The first-order valence-electron chi connectivity index (χ1n) is 9.45. The molecule has 0 rings (SSSR count). The molecule has 22 heavy (non-hydrogen) atoms. The van der Waals surface area contributed by atoms with Gasteiger partial charge in [0.05, 0.1) is 0 Å². The van der Waals surface area contributed by atoms with E-state index in [0.717, 1.165) is 5.57 Å². The summed E-state index contributed by atoms with van der Waals surface area (Å²) in [6.07, 6.45) is 9.83. The third-order valence-electron chi connectivity index (χ3n) is 5.02. The first-order chi connectivity index (χ1) is 10.4. The zero-order valence-electron chi connectivity index (χ0n) is 15.8. The van der Waals surface area contributed by atoms with E-state index >= 15 is 0 Å². The zero-order chi connectivity index (χ0) is 17.0. The van der Waals surface area contributed by atoms with Crippen molar-refractivity contribution in [2.75, 3.05) is 0 Å². The average Bonchev–Trinajstić information content (AvgIpc) is 2.52. The van der Waals surface area contributed by atoms with Gasteiger partial charge < -0.3 is 0 Å². The van der Waals surface area contributed by atoms with Crippen LogP contribution in [-0.2, 0) is 0 Å². The van der Waals surface area contributed by atoms with Gasteiger partial charge in [0, 0.05) is 0 Å². The van der Waals surface area contributed by atoms with Gasteiger partial charge in [0.2, 0.25) is 0 Å². The summed E-state index contributed by atoms with van der Waals surface area (Å²) in [6.45, 7) is 15.0. The molecule has 2 heteroatoms. The van der Waals surface area contributed by atoms with Crippen LogP contribution in [0.5, 0.6) is 0 Å². The predicted octanol–water partition coefficient (Wildman–Crippen LogP) is 6.50. The number of aliphatic hydroxyl groups is 1. The Bertz CT molecular complexity index is 300. The molecule has 1 nitrogen and oxygen atoms in total. The first-order valence-corrected chi connectivity index (χ1v) is 17.2. The van der Waals surface area contributed by atoms with E-state index in [9.17, 15) is 5.11 Å². The van der Waals surface area contributed by atoms with Gasteiger partial charge in [-0.25, -0.2) is 0 Å². The van der Waals surface area contributed by atoms with E-state index in [1.165, 1.54) is 51.8 Å².